The first-order valence-corrected chi connectivity index (χ1v) is 8.82. The van der Waals surface area contributed by atoms with Gasteiger partial charge in [0.25, 0.3) is 0 Å². The average Bonchev–Trinajstić information content (AvgIpc) is 2.69. The van der Waals surface area contributed by atoms with Crippen molar-refractivity contribution in [3.05, 3.63) is 45.9 Å². The number of benzene rings is 2. The molecule has 142 valence electrons. The summed E-state index contributed by atoms with van der Waals surface area (Å²) in [5.41, 5.74) is 4.86. The van der Waals surface area contributed by atoms with E-state index in [1.54, 1.807) is 27.5 Å². The van der Waals surface area contributed by atoms with Gasteiger partial charge in [-0.3, -0.25) is 0 Å². The summed E-state index contributed by atoms with van der Waals surface area (Å²) in [7, 11) is 4.78. The zero-order chi connectivity index (χ0) is 19.6. The van der Waals surface area contributed by atoms with E-state index < -0.39 is 0 Å². The molecule has 0 aromatic heterocycles. The van der Waals surface area contributed by atoms with E-state index in [0.717, 1.165) is 15.6 Å². The van der Waals surface area contributed by atoms with E-state index in [9.17, 15) is 0 Å². The molecule has 1 N–H and O–H groups in total. The maximum Gasteiger partial charge on any atom is 0.176 e. The molecule has 2 rings (SSSR count). The van der Waals surface area contributed by atoms with Crippen LogP contribution in [0.5, 0.6) is 23.0 Å². The van der Waals surface area contributed by atoms with Crippen molar-refractivity contribution in [1.82, 2.24) is 5.43 Å². The van der Waals surface area contributed by atoms with Crippen LogP contribution < -0.4 is 24.4 Å². The molecule has 0 atom stereocenters. The Balaban J connectivity index is 2.04. The number of hydrogen-bond donors (Lipinski definition) is 1. The molecule has 0 aliphatic heterocycles. The Morgan fingerprint density at radius 3 is 2.48 bits per heavy atom. The lowest BCUT2D eigenvalue weighted by Gasteiger charge is -2.11. The number of halogens is 1. The van der Waals surface area contributed by atoms with Crippen molar-refractivity contribution in [2.75, 3.05) is 27.9 Å². The lowest BCUT2D eigenvalue weighted by molar-refractivity contribution is 0.329. The molecule has 0 heterocycles. The smallest absolute Gasteiger partial charge is 0.176 e. The molecule has 27 heavy (non-hydrogen) atoms. The van der Waals surface area contributed by atoms with Crippen LogP contribution in [0.4, 0.5) is 0 Å². The third-order valence-corrected chi connectivity index (χ3v) is 4.18. The summed E-state index contributed by atoms with van der Waals surface area (Å²) in [6.07, 6.45) is 6.93. The van der Waals surface area contributed by atoms with Gasteiger partial charge in [0.15, 0.2) is 23.0 Å². The highest BCUT2D eigenvalue weighted by molar-refractivity contribution is 9.10. The standard InChI is InChI=1S/C20H21BrN2O4/c1-5-8-27-20-16(21)9-15(11-19(20)26-4)13-23-22-12-14-6-7-17(24-2)18(10-14)25-3/h1,6-7,9-11,13,22H,8,12H2,2-4H3/b23-13+. The summed E-state index contributed by atoms with van der Waals surface area (Å²) < 4.78 is 22.1. The van der Waals surface area contributed by atoms with Crippen molar-refractivity contribution in [1.29, 1.82) is 0 Å². The lowest BCUT2D eigenvalue weighted by atomic mass is 10.2. The number of ether oxygens (including phenoxy) is 4. The summed E-state index contributed by atoms with van der Waals surface area (Å²) in [5.74, 6) is 4.93. The largest absolute Gasteiger partial charge is 0.493 e. The topological polar surface area (TPSA) is 61.3 Å². The fourth-order valence-corrected chi connectivity index (χ4v) is 2.89. The Morgan fingerprint density at radius 1 is 1.07 bits per heavy atom. The van der Waals surface area contributed by atoms with E-state index in [1.165, 1.54) is 0 Å². The van der Waals surface area contributed by atoms with E-state index in [1.807, 2.05) is 30.3 Å². The summed E-state index contributed by atoms with van der Waals surface area (Å²) in [4.78, 5) is 0. The van der Waals surface area contributed by atoms with Gasteiger partial charge in [0.1, 0.15) is 6.61 Å². The fraction of sp³-hybridized carbons (Fsp3) is 0.250. The van der Waals surface area contributed by atoms with Crippen molar-refractivity contribution < 1.29 is 18.9 Å². The fourth-order valence-electron chi connectivity index (χ4n) is 2.32. The second-order valence-corrected chi connectivity index (χ2v) is 6.16. The first kappa shape index (κ1) is 20.5. The van der Waals surface area contributed by atoms with Gasteiger partial charge in [-0.25, -0.2) is 0 Å². The number of nitrogens with zero attached hydrogens (tertiary/aromatic N) is 1. The van der Waals surface area contributed by atoms with Gasteiger partial charge in [-0.1, -0.05) is 12.0 Å². The van der Waals surface area contributed by atoms with Crippen LogP contribution in [0.25, 0.3) is 0 Å². The van der Waals surface area contributed by atoms with Gasteiger partial charge in [0.2, 0.25) is 0 Å². The van der Waals surface area contributed by atoms with Gasteiger partial charge >= 0.3 is 0 Å². The molecule has 0 aliphatic rings. The van der Waals surface area contributed by atoms with Gasteiger partial charge in [-0.2, -0.15) is 5.10 Å². The van der Waals surface area contributed by atoms with Gasteiger partial charge in [-0.05, 0) is 51.3 Å². The Morgan fingerprint density at radius 2 is 1.81 bits per heavy atom. The van der Waals surface area contributed by atoms with Crippen LogP contribution in [0, 0.1) is 12.3 Å². The molecule has 0 aliphatic carbocycles. The summed E-state index contributed by atoms with van der Waals surface area (Å²) in [6, 6.07) is 9.39. The van der Waals surface area contributed by atoms with Gasteiger partial charge in [-0.15, -0.1) is 6.42 Å². The SMILES string of the molecule is C#CCOc1c(Br)cc(/C=N/NCc2ccc(OC)c(OC)c2)cc1OC. The molecule has 0 spiro atoms. The van der Waals surface area contributed by atoms with E-state index in [-0.39, 0.29) is 6.61 Å². The van der Waals surface area contributed by atoms with E-state index >= 15 is 0 Å². The molecule has 0 fully saturated rings. The monoisotopic (exact) mass is 432 g/mol. The molecule has 7 heteroatoms. The summed E-state index contributed by atoms with van der Waals surface area (Å²) >= 11 is 3.46. The predicted molar refractivity (Wildman–Crippen MR) is 109 cm³/mol. The molecule has 0 bridgehead atoms. The number of hydrazone groups is 1. The molecule has 0 amide bonds. The molecule has 0 radical (unpaired) electrons. The van der Waals surface area contributed by atoms with E-state index in [0.29, 0.717) is 29.5 Å². The third kappa shape index (κ3) is 5.56. The third-order valence-electron chi connectivity index (χ3n) is 3.59. The summed E-state index contributed by atoms with van der Waals surface area (Å²) in [6.45, 7) is 0.702. The number of methoxy groups -OCH3 is 3. The molecule has 2 aromatic carbocycles. The van der Waals surface area contributed by atoms with Crippen LogP contribution in [0.3, 0.4) is 0 Å². The van der Waals surface area contributed by atoms with Crippen LogP contribution in [0.15, 0.2) is 39.9 Å². The van der Waals surface area contributed by atoms with E-state index in [2.05, 4.69) is 32.4 Å². The molecular formula is C20H21BrN2O4. The minimum atomic E-state index is 0.162. The number of rotatable bonds is 9. The van der Waals surface area contributed by atoms with Crippen molar-refractivity contribution in [3.8, 4) is 35.3 Å². The highest BCUT2D eigenvalue weighted by Crippen LogP contribution is 2.36. The highest BCUT2D eigenvalue weighted by Gasteiger charge is 2.10. The van der Waals surface area contributed by atoms with Crippen molar-refractivity contribution in [3.63, 3.8) is 0 Å². The molecule has 0 saturated carbocycles. The zero-order valence-electron chi connectivity index (χ0n) is 15.4. The predicted octanol–water partition coefficient (Wildman–Crippen LogP) is 3.61. The van der Waals surface area contributed by atoms with Crippen LogP contribution in [-0.2, 0) is 6.54 Å². The maximum absolute atomic E-state index is 5.50. The van der Waals surface area contributed by atoms with Gasteiger partial charge < -0.3 is 24.4 Å². The van der Waals surface area contributed by atoms with Crippen molar-refractivity contribution >= 4 is 22.1 Å². The van der Waals surface area contributed by atoms with Crippen molar-refractivity contribution in [2.24, 2.45) is 5.10 Å². The van der Waals surface area contributed by atoms with Gasteiger partial charge in [0.05, 0.1) is 38.6 Å². The van der Waals surface area contributed by atoms with Crippen LogP contribution >= 0.6 is 15.9 Å². The maximum atomic E-state index is 5.50. The number of nitrogens with one attached hydrogen (secondary N) is 1. The Labute approximate surface area is 167 Å². The number of hydrogen-bond acceptors (Lipinski definition) is 6. The Bertz CT molecular complexity index is 847. The lowest BCUT2D eigenvalue weighted by Crippen LogP contribution is -2.06. The first-order valence-electron chi connectivity index (χ1n) is 8.03. The second-order valence-electron chi connectivity index (χ2n) is 5.31. The van der Waals surface area contributed by atoms with E-state index in [4.69, 9.17) is 25.4 Å². The minimum absolute atomic E-state index is 0.162. The zero-order valence-corrected chi connectivity index (χ0v) is 17.0. The summed E-state index contributed by atoms with van der Waals surface area (Å²) in [5, 5.41) is 4.25. The quantitative estimate of drug-likeness (QED) is 0.372. The minimum Gasteiger partial charge on any atom is -0.493 e. The number of terminal acetylenes is 1. The average molecular weight is 433 g/mol. The van der Waals surface area contributed by atoms with Gasteiger partial charge in [0, 0.05) is 0 Å². The molecular weight excluding hydrogens is 412 g/mol. The Hall–Kier alpha value is -2.85. The van der Waals surface area contributed by atoms with Crippen LogP contribution in [0.1, 0.15) is 11.1 Å². The molecule has 2 aromatic rings. The van der Waals surface area contributed by atoms with Crippen LogP contribution in [0.2, 0.25) is 0 Å². The Kier molecular flexibility index (Phi) is 7.83. The van der Waals surface area contributed by atoms with Crippen molar-refractivity contribution in [2.45, 2.75) is 6.54 Å². The first-order chi connectivity index (χ1) is 13.1. The normalized spacial score (nSPS) is 10.3. The molecule has 0 saturated heterocycles. The second kappa shape index (κ2) is 10.3. The highest BCUT2D eigenvalue weighted by atomic mass is 79.9. The molecule has 6 nitrogen and oxygen atoms in total. The van der Waals surface area contributed by atoms with Crippen LogP contribution in [-0.4, -0.2) is 34.2 Å². The molecule has 0 unspecified atom stereocenters.